The standard InChI is InChI=1S/C17H10BrNOS/c18-14-5-3-12(4-6-14)16-8-7-15(20-16)10-13(11-19)17-2-1-9-21-17/h1-10H/b13-10+. The number of furan rings is 1. The number of allylic oxidation sites excluding steroid dienone is 1. The molecule has 3 rings (SSSR count). The van der Waals surface area contributed by atoms with Gasteiger partial charge in [0.15, 0.2) is 0 Å². The van der Waals surface area contributed by atoms with Crippen molar-refractivity contribution in [1.82, 2.24) is 0 Å². The zero-order valence-corrected chi connectivity index (χ0v) is 13.3. The first-order valence-electron chi connectivity index (χ1n) is 6.28. The minimum atomic E-state index is 0.613. The zero-order chi connectivity index (χ0) is 14.7. The number of thiophene rings is 1. The van der Waals surface area contributed by atoms with Crippen molar-refractivity contribution < 1.29 is 4.42 Å². The molecular weight excluding hydrogens is 346 g/mol. The van der Waals surface area contributed by atoms with Gasteiger partial charge in [0.2, 0.25) is 0 Å². The van der Waals surface area contributed by atoms with E-state index in [1.54, 1.807) is 17.4 Å². The highest BCUT2D eigenvalue weighted by molar-refractivity contribution is 9.10. The quantitative estimate of drug-likeness (QED) is 0.553. The van der Waals surface area contributed by atoms with Gasteiger partial charge in [-0.25, -0.2) is 0 Å². The Morgan fingerprint density at radius 2 is 1.95 bits per heavy atom. The van der Waals surface area contributed by atoms with Crippen molar-refractivity contribution in [2.75, 3.05) is 0 Å². The molecule has 4 heteroatoms. The van der Waals surface area contributed by atoms with Gasteiger partial charge in [0.05, 0.1) is 5.57 Å². The molecule has 0 N–H and O–H groups in total. The molecule has 0 atom stereocenters. The maximum Gasteiger partial charge on any atom is 0.134 e. The van der Waals surface area contributed by atoms with Crippen LogP contribution in [0.1, 0.15) is 10.6 Å². The molecular formula is C17H10BrNOS. The van der Waals surface area contributed by atoms with Crippen molar-refractivity contribution in [3.05, 3.63) is 69.0 Å². The smallest absolute Gasteiger partial charge is 0.134 e. The topological polar surface area (TPSA) is 36.9 Å². The van der Waals surface area contributed by atoms with Crippen molar-refractivity contribution in [1.29, 1.82) is 5.26 Å². The van der Waals surface area contributed by atoms with Crippen molar-refractivity contribution in [2.45, 2.75) is 0 Å². The highest BCUT2D eigenvalue weighted by Crippen LogP contribution is 2.27. The molecule has 0 aliphatic rings. The first-order valence-corrected chi connectivity index (χ1v) is 7.95. The second-order valence-corrected chi connectivity index (χ2v) is 6.22. The predicted octanol–water partition coefficient (Wildman–Crippen LogP) is 5.83. The molecule has 21 heavy (non-hydrogen) atoms. The Labute approximate surface area is 135 Å². The van der Waals surface area contributed by atoms with E-state index in [1.807, 2.05) is 53.9 Å². The summed E-state index contributed by atoms with van der Waals surface area (Å²) in [4.78, 5) is 0.944. The van der Waals surface area contributed by atoms with E-state index < -0.39 is 0 Å². The molecule has 0 aliphatic heterocycles. The van der Waals surface area contributed by atoms with Gasteiger partial charge in [0.25, 0.3) is 0 Å². The summed E-state index contributed by atoms with van der Waals surface area (Å²) in [7, 11) is 0. The van der Waals surface area contributed by atoms with E-state index in [0.717, 1.165) is 20.7 Å². The molecule has 3 aromatic rings. The molecule has 0 saturated carbocycles. The lowest BCUT2D eigenvalue weighted by molar-refractivity contribution is 0.572. The third kappa shape index (κ3) is 3.15. The first-order chi connectivity index (χ1) is 10.3. The van der Waals surface area contributed by atoms with Gasteiger partial charge in [0.1, 0.15) is 17.6 Å². The maximum absolute atomic E-state index is 9.26. The van der Waals surface area contributed by atoms with Crippen LogP contribution in [0.3, 0.4) is 0 Å². The Bertz CT molecular complexity index is 807. The van der Waals surface area contributed by atoms with Gasteiger partial charge in [-0.05, 0) is 41.8 Å². The van der Waals surface area contributed by atoms with Crippen molar-refractivity contribution in [3.63, 3.8) is 0 Å². The molecule has 0 unspecified atom stereocenters. The number of nitrogens with zero attached hydrogens (tertiary/aromatic N) is 1. The molecule has 2 nitrogen and oxygen atoms in total. The monoisotopic (exact) mass is 355 g/mol. The summed E-state index contributed by atoms with van der Waals surface area (Å²) >= 11 is 4.95. The number of halogens is 1. The predicted molar refractivity (Wildman–Crippen MR) is 89.6 cm³/mol. The summed E-state index contributed by atoms with van der Waals surface area (Å²) in [6.45, 7) is 0. The van der Waals surface area contributed by atoms with Crippen LogP contribution in [-0.2, 0) is 0 Å². The van der Waals surface area contributed by atoms with Gasteiger partial charge in [-0.15, -0.1) is 11.3 Å². The first kappa shape index (κ1) is 13.9. The normalized spacial score (nSPS) is 11.3. The summed E-state index contributed by atoms with van der Waals surface area (Å²) in [6, 6.07) is 17.8. The van der Waals surface area contributed by atoms with E-state index in [2.05, 4.69) is 22.0 Å². The van der Waals surface area contributed by atoms with E-state index >= 15 is 0 Å². The number of rotatable bonds is 3. The average molecular weight is 356 g/mol. The average Bonchev–Trinajstić information content (AvgIpc) is 3.17. The zero-order valence-electron chi connectivity index (χ0n) is 10.9. The molecule has 2 aromatic heterocycles. The fourth-order valence-electron chi connectivity index (χ4n) is 1.93. The second kappa shape index (κ2) is 6.13. The highest BCUT2D eigenvalue weighted by atomic mass is 79.9. The van der Waals surface area contributed by atoms with E-state index in [0.29, 0.717) is 11.3 Å². The number of hydrogen-bond acceptors (Lipinski definition) is 3. The van der Waals surface area contributed by atoms with Crippen LogP contribution in [0.5, 0.6) is 0 Å². The van der Waals surface area contributed by atoms with Gasteiger partial charge in [-0.3, -0.25) is 0 Å². The van der Waals surface area contributed by atoms with E-state index in [-0.39, 0.29) is 0 Å². The molecule has 0 saturated heterocycles. The van der Waals surface area contributed by atoms with Gasteiger partial charge < -0.3 is 4.42 Å². The van der Waals surface area contributed by atoms with Gasteiger partial charge in [0, 0.05) is 14.9 Å². The van der Waals surface area contributed by atoms with E-state index in [9.17, 15) is 5.26 Å². The maximum atomic E-state index is 9.26. The number of benzene rings is 1. The fraction of sp³-hybridized carbons (Fsp3) is 0. The van der Waals surface area contributed by atoms with Gasteiger partial charge in [-0.1, -0.05) is 34.1 Å². The highest BCUT2D eigenvalue weighted by Gasteiger charge is 2.06. The van der Waals surface area contributed by atoms with Crippen molar-refractivity contribution in [3.8, 4) is 17.4 Å². The third-order valence-corrected chi connectivity index (χ3v) is 4.38. The molecule has 0 aliphatic carbocycles. The molecule has 0 fully saturated rings. The van der Waals surface area contributed by atoms with Crippen molar-refractivity contribution in [2.24, 2.45) is 0 Å². The Balaban J connectivity index is 1.92. The summed E-state index contributed by atoms with van der Waals surface area (Å²) in [6.07, 6.45) is 1.77. The SMILES string of the molecule is N#C/C(=C\c1ccc(-c2ccc(Br)cc2)o1)c1cccs1. The lowest BCUT2D eigenvalue weighted by Gasteiger charge is -1.97. The summed E-state index contributed by atoms with van der Waals surface area (Å²) < 4.78 is 6.83. The molecule has 0 spiro atoms. The lowest BCUT2D eigenvalue weighted by atomic mass is 10.2. The Morgan fingerprint density at radius 1 is 1.14 bits per heavy atom. The second-order valence-electron chi connectivity index (χ2n) is 4.36. The Morgan fingerprint density at radius 3 is 2.62 bits per heavy atom. The van der Waals surface area contributed by atoms with Crippen LogP contribution in [0.2, 0.25) is 0 Å². The molecule has 0 radical (unpaired) electrons. The number of nitriles is 1. The van der Waals surface area contributed by atoms with Crippen LogP contribution in [0, 0.1) is 11.3 Å². The van der Waals surface area contributed by atoms with Crippen LogP contribution < -0.4 is 0 Å². The molecule has 0 amide bonds. The molecule has 102 valence electrons. The summed E-state index contributed by atoms with van der Waals surface area (Å²) in [5.41, 5.74) is 1.62. The molecule has 2 heterocycles. The van der Waals surface area contributed by atoms with Gasteiger partial charge in [-0.2, -0.15) is 5.26 Å². The Kier molecular flexibility index (Phi) is 4.05. The van der Waals surface area contributed by atoms with Crippen LogP contribution >= 0.6 is 27.3 Å². The summed E-state index contributed by atoms with van der Waals surface area (Å²) in [5.74, 6) is 1.47. The third-order valence-electron chi connectivity index (χ3n) is 2.95. The van der Waals surface area contributed by atoms with Crippen molar-refractivity contribution >= 4 is 38.9 Å². The lowest BCUT2D eigenvalue weighted by Crippen LogP contribution is -1.75. The Hall–Kier alpha value is -2.09. The van der Waals surface area contributed by atoms with Crippen LogP contribution in [-0.4, -0.2) is 0 Å². The molecule has 1 aromatic carbocycles. The van der Waals surface area contributed by atoms with E-state index in [1.165, 1.54) is 0 Å². The van der Waals surface area contributed by atoms with E-state index in [4.69, 9.17) is 4.42 Å². The molecule has 0 bridgehead atoms. The van der Waals surface area contributed by atoms with Crippen LogP contribution in [0.25, 0.3) is 23.0 Å². The summed E-state index contributed by atoms with van der Waals surface area (Å²) in [5, 5.41) is 11.2. The van der Waals surface area contributed by atoms with Crippen LogP contribution in [0.15, 0.2) is 62.8 Å². The number of hydrogen-bond donors (Lipinski definition) is 0. The fourth-order valence-corrected chi connectivity index (χ4v) is 2.89. The van der Waals surface area contributed by atoms with Gasteiger partial charge >= 0.3 is 0 Å². The van der Waals surface area contributed by atoms with Crippen LogP contribution in [0.4, 0.5) is 0 Å². The minimum Gasteiger partial charge on any atom is -0.457 e. The largest absolute Gasteiger partial charge is 0.457 e. The minimum absolute atomic E-state index is 0.613.